The van der Waals surface area contributed by atoms with E-state index in [2.05, 4.69) is 29.6 Å². The average Bonchev–Trinajstić information content (AvgIpc) is 2.25. The van der Waals surface area contributed by atoms with Gasteiger partial charge in [-0.05, 0) is 12.3 Å². The van der Waals surface area contributed by atoms with Crippen LogP contribution in [0.1, 0.15) is 6.42 Å². The quantitative estimate of drug-likeness (QED) is 0.591. The maximum atomic E-state index is 8.46. The molecule has 2 N–H and O–H groups in total. The molecule has 0 fully saturated rings. The van der Waals surface area contributed by atoms with Crippen LogP contribution in [0.15, 0.2) is 24.3 Å². The molecule has 1 atom stereocenters. The van der Waals surface area contributed by atoms with Gasteiger partial charge < -0.3 is 15.2 Å². The third-order valence-electron chi connectivity index (χ3n) is 2.13. The van der Waals surface area contributed by atoms with E-state index in [9.17, 15) is 0 Å². The first-order chi connectivity index (χ1) is 6.93. The molecule has 1 aliphatic rings. The minimum atomic E-state index is 0.107. The molecule has 0 spiro atoms. The first-order valence-electron chi connectivity index (χ1n) is 5.16. The van der Waals surface area contributed by atoms with E-state index < -0.39 is 0 Å². The second-order valence-electron chi connectivity index (χ2n) is 3.35. The van der Waals surface area contributed by atoms with Crippen LogP contribution < -0.4 is 5.32 Å². The Balaban J connectivity index is 1.88. The van der Waals surface area contributed by atoms with Crippen molar-refractivity contribution < 1.29 is 9.84 Å². The molecule has 0 saturated carbocycles. The monoisotopic (exact) mass is 197 g/mol. The molecule has 0 radical (unpaired) electrons. The fraction of sp³-hybridized carbons (Fsp3) is 0.636. The lowest BCUT2D eigenvalue weighted by Gasteiger charge is -2.13. The number of hydrogen-bond acceptors (Lipinski definition) is 3. The molecule has 80 valence electrons. The molecule has 0 aliphatic heterocycles. The van der Waals surface area contributed by atoms with Crippen LogP contribution in [-0.4, -0.2) is 38.0 Å². The highest BCUT2D eigenvalue weighted by Gasteiger charge is 2.03. The lowest BCUT2D eigenvalue weighted by atomic mass is 10.0. The van der Waals surface area contributed by atoms with Gasteiger partial charge in [-0.15, -0.1) is 0 Å². The molecule has 0 aromatic carbocycles. The van der Waals surface area contributed by atoms with Gasteiger partial charge in [0.2, 0.25) is 0 Å². The van der Waals surface area contributed by atoms with Gasteiger partial charge in [-0.1, -0.05) is 24.3 Å². The fourth-order valence-corrected chi connectivity index (χ4v) is 1.38. The number of rotatable bonds is 7. The third-order valence-corrected chi connectivity index (χ3v) is 2.13. The SMILES string of the molecule is OCCOCCNC[C@@H]1C=CC=CC1. The second kappa shape index (κ2) is 7.74. The van der Waals surface area contributed by atoms with E-state index in [-0.39, 0.29) is 6.61 Å². The summed E-state index contributed by atoms with van der Waals surface area (Å²) in [5, 5.41) is 11.8. The van der Waals surface area contributed by atoms with Gasteiger partial charge in [0.15, 0.2) is 0 Å². The molecule has 1 rings (SSSR count). The largest absolute Gasteiger partial charge is 0.394 e. The molecular formula is C11H19NO2. The summed E-state index contributed by atoms with van der Waals surface area (Å²) in [7, 11) is 0. The molecule has 0 unspecified atom stereocenters. The predicted octanol–water partition coefficient (Wildman–Crippen LogP) is 0.717. The molecule has 14 heavy (non-hydrogen) atoms. The third kappa shape index (κ3) is 5.17. The van der Waals surface area contributed by atoms with E-state index in [1.54, 1.807) is 0 Å². The minimum absolute atomic E-state index is 0.107. The number of allylic oxidation sites excluding steroid dienone is 3. The Morgan fingerprint density at radius 2 is 2.29 bits per heavy atom. The summed E-state index contributed by atoms with van der Waals surface area (Å²) in [4.78, 5) is 0. The molecule has 0 aromatic rings. The molecule has 0 amide bonds. The Morgan fingerprint density at radius 3 is 3.00 bits per heavy atom. The summed E-state index contributed by atoms with van der Waals surface area (Å²) in [5.74, 6) is 0.623. The standard InChI is InChI=1S/C11H19NO2/c13-7-9-14-8-6-12-10-11-4-2-1-3-5-11/h1-4,11-13H,5-10H2/t11-/m1/s1. The number of hydrogen-bond donors (Lipinski definition) is 2. The van der Waals surface area contributed by atoms with Gasteiger partial charge in [-0.25, -0.2) is 0 Å². The highest BCUT2D eigenvalue weighted by atomic mass is 16.5. The van der Waals surface area contributed by atoms with Crippen LogP contribution in [0.5, 0.6) is 0 Å². The second-order valence-corrected chi connectivity index (χ2v) is 3.35. The van der Waals surface area contributed by atoms with Crippen molar-refractivity contribution in [2.45, 2.75) is 6.42 Å². The number of aliphatic hydroxyl groups excluding tert-OH is 1. The van der Waals surface area contributed by atoms with Crippen LogP contribution in [0, 0.1) is 5.92 Å². The van der Waals surface area contributed by atoms with E-state index in [0.717, 1.165) is 19.5 Å². The lowest BCUT2D eigenvalue weighted by molar-refractivity contribution is 0.0937. The Bertz CT molecular complexity index is 190. The maximum absolute atomic E-state index is 8.46. The van der Waals surface area contributed by atoms with Crippen LogP contribution in [0.3, 0.4) is 0 Å². The van der Waals surface area contributed by atoms with Crippen molar-refractivity contribution in [1.29, 1.82) is 0 Å². The smallest absolute Gasteiger partial charge is 0.0698 e. The van der Waals surface area contributed by atoms with Crippen molar-refractivity contribution in [1.82, 2.24) is 5.32 Å². The molecule has 0 bridgehead atoms. The maximum Gasteiger partial charge on any atom is 0.0698 e. The topological polar surface area (TPSA) is 41.5 Å². The van der Waals surface area contributed by atoms with Gasteiger partial charge in [-0.3, -0.25) is 0 Å². The zero-order valence-corrected chi connectivity index (χ0v) is 8.48. The lowest BCUT2D eigenvalue weighted by Crippen LogP contribution is -2.26. The van der Waals surface area contributed by atoms with Crippen molar-refractivity contribution >= 4 is 0 Å². The molecule has 3 heteroatoms. The van der Waals surface area contributed by atoms with E-state index in [1.165, 1.54) is 0 Å². The zero-order valence-electron chi connectivity index (χ0n) is 8.48. The van der Waals surface area contributed by atoms with Crippen LogP contribution in [-0.2, 0) is 4.74 Å². The Morgan fingerprint density at radius 1 is 1.36 bits per heavy atom. The van der Waals surface area contributed by atoms with Crippen LogP contribution in [0.2, 0.25) is 0 Å². The summed E-state index contributed by atoms with van der Waals surface area (Å²) in [6, 6.07) is 0. The summed E-state index contributed by atoms with van der Waals surface area (Å²) in [6.07, 6.45) is 9.72. The van der Waals surface area contributed by atoms with Crippen LogP contribution >= 0.6 is 0 Å². The highest BCUT2D eigenvalue weighted by molar-refractivity contribution is 5.11. The molecular weight excluding hydrogens is 178 g/mol. The summed E-state index contributed by atoms with van der Waals surface area (Å²) >= 11 is 0. The van der Waals surface area contributed by atoms with E-state index in [4.69, 9.17) is 9.84 Å². The van der Waals surface area contributed by atoms with Crippen molar-refractivity contribution in [2.75, 3.05) is 32.9 Å². The highest BCUT2D eigenvalue weighted by Crippen LogP contribution is 2.09. The Labute approximate surface area is 85.5 Å². The summed E-state index contributed by atoms with van der Waals surface area (Å²) < 4.78 is 5.13. The van der Waals surface area contributed by atoms with Gasteiger partial charge in [0.25, 0.3) is 0 Å². The first kappa shape index (κ1) is 11.4. The van der Waals surface area contributed by atoms with Crippen molar-refractivity contribution in [3.63, 3.8) is 0 Å². The Hall–Kier alpha value is -0.640. The molecule has 1 aliphatic carbocycles. The summed E-state index contributed by atoms with van der Waals surface area (Å²) in [6.45, 7) is 3.08. The van der Waals surface area contributed by atoms with E-state index in [1.807, 2.05) is 0 Å². The normalized spacial score (nSPS) is 20.2. The molecule has 0 saturated heterocycles. The van der Waals surface area contributed by atoms with Crippen LogP contribution in [0.25, 0.3) is 0 Å². The van der Waals surface area contributed by atoms with Crippen molar-refractivity contribution in [2.24, 2.45) is 5.92 Å². The number of ether oxygens (including phenoxy) is 1. The predicted molar refractivity (Wildman–Crippen MR) is 57.2 cm³/mol. The molecule has 0 aromatic heterocycles. The molecule has 0 heterocycles. The average molecular weight is 197 g/mol. The zero-order chi connectivity index (χ0) is 10.1. The Kier molecular flexibility index (Phi) is 6.32. The van der Waals surface area contributed by atoms with E-state index >= 15 is 0 Å². The van der Waals surface area contributed by atoms with Gasteiger partial charge >= 0.3 is 0 Å². The fourth-order valence-electron chi connectivity index (χ4n) is 1.38. The molecule has 3 nitrogen and oxygen atoms in total. The van der Waals surface area contributed by atoms with Gasteiger partial charge in [0.1, 0.15) is 0 Å². The van der Waals surface area contributed by atoms with Gasteiger partial charge in [0.05, 0.1) is 19.8 Å². The van der Waals surface area contributed by atoms with Crippen LogP contribution in [0.4, 0.5) is 0 Å². The number of nitrogens with one attached hydrogen (secondary N) is 1. The minimum Gasteiger partial charge on any atom is -0.394 e. The van der Waals surface area contributed by atoms with E-state index in [0.29, 0.717) is 19.1 Å². The first-order valence-corrected chi connectivity index (χ1v) is 5.16. The van der Waals surface area contributed by atoms with Gasteiger partial charge in [0, 0.05) is 13.1 Å². The van der Waals surface area contributed by atoms with Gasteiger partial charge in [-0.2, -0.15) is 0 Å². The van der Waals surface area contributed by atoms with Crippen molar-refractivity contribution in [3.05, 3.63) is 24.3 Å². The summed E-state index contributed by atoms with van der Waals surface area (Å²) in [5.41, 5.74) is 0. The number of aliphatic hydroxyl groups is 1. The van der Waals surface area contributed by atoms with Crippen molar-refractivity contribution in [3.8, 4) is 0 Å².